The second-order valence-corrected chi connectivity index (χ2v) is 7.33. The van der Waals surface area contributed by atoms with E-state index in [-0.39, 0.29) is 12.3 Å². The fourth-order valence-electron chi connectivity index (χ4n) is 3.48. The number of amides is 3. The zero-order chi connectivity index (χ0) is 21.8. The molecule has 1 aliphatic heterocycles. The third kappa shape index (κ3) is 4.41. The highest BCUT2D eigenvalue weighted by Crippen LogP contribution is 2.26. The zero-order valence-electron chi connectivity index (χ0n) is 17.1. The Balaban J connectivity index is 1.40. The Hall–Kier alpha value is -3.71. The van der Waals surface area contributed by atoms with Crippen LogP contribution in [0, 0.1) is 0 Å². The van der Waals surface area contributed by atoms with Gasteiger partial charge in [-0.05, 0) is 53.6 Å². The van der Waals surface area contributed by atoms with E-state index >= 15 is 0 Å². The molecule has 0 saturated carbocycles. The second-order valence-electron chi connectivity index (χ2n) is 7.33. The molecule has 4 rings (SSSR count). The molecule has 0 spiro atoms. The Morgan fingerprint density at radius 1 is 1.03 bits per heavy atom. The van der Waals surface area contributed by atoms with Crippen molar-refractivity contribution in [3.63, 3.8) is 0 Å². The number of fused-ring (bicyclic) bond motifs is 1. The molecule has 31 heavy (non-hydrogen) atoms. The van der Waals surface area contributed by atoms with Crippen molar-refractivity contribution in [1.82, 2.24) is 10.9 Å². The van der Waals surface area contributed by atoms with Gasteiger partial charge in [-0.2, -0.15) is 0 Å². The van der Waals surface area contributed by atoms with Gasteiger partial charge >= 0.3 is 0 Å². The average molecular weight is 417 g/mol. The summed E-state index contributed by atoms with van der Waals surface area (Å²) in [5.41, 5.74) is 6.17. The van der Waals surface area contributed by atoms with E-state index in [2.05, 4.69) is 10.9 Å². The van der Waals surface area contributed by atoms with Gasteiger partial charge in [-0.1, -0.05) is 37.3 Å². The smallest absolute Gasteiger partial charge is 0.265 e. The van der Waals surface area contributed by atoms with Crippen LogP contribution in [0.1, 0.15) is 30.1 Å². The topological polar surface area (TPSA) is 87.7 Å². The molecule has 3 aromatic carbocycles. The van der Waals surface area contributed by atoms with Crippen LogP contribution in [-0.4, -0.2) is 30.4 Å². The number of hydrogen-bond acceptors (Lipinski definition) is 5. The molecule has 0 aromatic heterocycles. The predicted octanol–water partition coefficient (Wildman–Crippen LogP) is 3.20. The number of anilines is 1. The Morgan fingerprint density at radius 2 is 1.77 bits per heavy atom. The first-order valence-corrected chi connectivity index (χ1v) is 10.2. The normalized spacial score (nSPS) is 16.0. The van der Waals surface area contributed by atoms with E-state index in [1.165, 1.54) is 0 Å². The Morgan fingerprint density at radius 3 is 2.52 bits per heavy atom. The lowest BCUT2D eigenvalue weighted by Gasteiger charge is -2.16. The fraction of sp³-hybridized carbons (Fsp3) is 0.208. The molecule has 158 valence electrons. The minimum absolute atomic E-state index is 0.0320. The van der Waals surface area contributed by atoms with E-state index in [1.807, 2.05) is 43.3 Å². The van der Waals surface area contributed by atoms with Gasteiger partial charge in [0, 0.05) is 5.56 Å². The molecule has 0 radical (unpaired) electrons. The quantitative estimate of drug-likeness (QED) is 0.455. The van der Waals surface area contributed by atoms with Crippen molar-refractivity contribution in [2.45, 2.75) is 25.8 Å². The molecule has 1 aliphatic rings. The number of carbonyl (C=O) groups excluding carboxylic acids is 3. The SMILES string of the molecule is CCCOc1ccc(C(=O)NNC2CC(=O)N(c3ccc4ccccc4c3)C2=O)cc1. The largest absolute Gasteiger partial charge is 0.494 e. The van der Waals surface area contributed by atoms with Gasteiger partial charge in [0.25, 0.3) is 11.8 Å². The van der Waals surface area contributed by atoms with Crippen LogP contribution in [-0.2, 0) is 9.59 Å². The number of carbonyl (C=O) groups is 3. The number of rotatable bonds is 7. The van der Waals surface area contributed by atoms with Gasteiger partial charge in [0.2, 0.25) is 5.91 Å². The van der Waals surface area contributed by atoms with Crippen LogP contribution in [0.3, 0.4) is 0 Å². The maximum atomic E-state index is 12.8. The summed E-state index contributed by atoms with van der Waals surface area (Å²) >= 11 is 0. The Bertz CT molecular complexity index is 1130. The molecule has 2 N–H and O–H groups in total. The van der Waals surface area contributed by atoms with Gasteiger partial charge in [-0.3, -0.25) is 19.8 Å². The standard InChI is InChI=1S/C24H23N3O4/c1-2-13-31-20-11-8-17(9-12-20)23(29)26-25-21-15-22(28)27(24(21)30)19-10-7-16-5-3-4-6-18(16)14-19/h3-12,14,21,25H,2,13,15H2,1H3,(H,26,29). The Labute approximate surface area is 180 Å². The summed E-state index contributed by atoms with van der Waals surface area (Å²) in [6, 6.07) is 19.1. The van der Waals surface area contributed by atoms with E-state index in [9.17, 15) is 14.4 Å². The molecule has 3 aromatic rings. The third-order valence-corrected chi connectivity index (χ3v) is 5.09. The first kappa shape index (κ1) is 20.6. The minimum atomic E-state index is -0.824. The summed E-state index contributed by atoms with van der Waals surface area (Å²) in [5, 5.41) is 1.97. The molecule has 7 nitrogen and oxygen atoms in total. The van der Waals surface area contributed by atoms with Gasteiger partial charge in [-0.25, -0.2) is 10.3 Å². The maximum Gasteiger partial charge on any atom is 0.265 e. The third-order valence-electron chi connectivity index (χ3n) is 5.09. The van der Waals surface area contributed by atoms with Gasteiger partial charge in [0.1, 0.15) is 11.8 Å². The molecular formula is C24H23N3O4. The van der Waals surface area contributed by atoms with Crippen LogP contribution in [0.2, 0.25) is 0 Å². The first-order valence-electron chi connectivity index (χ1n) is 10.2. The van der Waals surface area contributed by atoms with Crippen LogP contribution in [0.15, 0.2) is 66.7 Å². The predicted molar refractivity (Wildman–Crippen MR) is 118 cm³/mol. The number of ether oxygens (including phenoxy) is 1. The van der Waals surface area contributed by atoms with E-state index in [1.54, 1.807) is 30.3 Å². The minimum Gasteiger partial charge on any atom is -0.494 e. The highest BCUT2D eigenvalue weighted by Gasteiger charge is 2.39. The molecule has 1 unspecified atom stereocenters. The maximum absolute atomic E-state index is 12.8. The summed E-state index contributed by atoms with van der Waals surface area (Å²) in [6.45, 7) is 2.63. The van der Waals surface area contributed by atoms with Crippen molar-refractivity contribution in [1.29, 1.82) is 0 Å². The van der Waals surface area contributed by atoms with Crippen molar-refractivity contribution < 1.29 is 19.1 Å². The average Bonchev–Trinajstić information content (AvgIpc) is 3.09. The summed E-state index contributed by atoms with van der Waals surface area (Å²) in [5.74, 6) is -0.422. The highest BCUT2D eigenvalue weighted by molar-refractivity contribution is 6.22. The van der Waals surface area contributed by atoms with Gasteiger partial charge in [0.05, 0.1) is 18.7 Å². The van der Waals surface area contributed by atoms with Crippen molar-refractivity contribution in [2.75, 3.05) is 11.5 Å². The molecule has 1 heterocycles. The number of imide groups is 1. The van der Waals surface area contributed by atoms with E-state index < -0.39 is 17.9 Å². The van der Waals surface area contributed by atoms with Crippen molar-refractivity contribution >= 4 is 34.2 Å². The van der Waals surface area contributed by atoms with Crippen LogP contribution in [0.5, 0.6) is 5.75 Å². The molecule has 3 amide bonds. The van der Waals surface area contributed by atoms with Crippen molar-refractivity contribution in [3.05, 3.63) is 72.3 Å². The monoisotopic (exact) mass is 417 g/mol. The van der Waals surface area contributed by atoms with E-state index in [0.717, 1.165) is 22.1 Å². The van der Waals surface area contributed by atoms with Gasteiger partial charge in [0.15, 0.2) is 0 Å². The van der Waals surface area contributed by atoms with E-state index in [0.29, 0.717) is 23.6 Å². The van der Waals surface area contributed by atoms with Crippen LogP contribution in [0.25, 0.3) is 10.8 Å². The lowest BCUT2D eigenvalue weighted by molar-refractivity contribution is -0.121. The second kappa shape index (κ2) is 8.97. The summed E-state index contributed by atoms with van der Waals surface area (Å²) in [6.07, 6.45) is 0.867. The molecule has 1 fully saturated rings. The lowest BCUT2D eigenvalue weighted by Crippen LogP contribution is -2.48. The molecule has 7 heteroatoms. The number of hydrogen-bond donors (Lipinski definition) is 2. The van der Waals surface area contributed by atoms with Crippen molar-refractivity contribution in [2.24, 2.45) is 0 Å². The number of hydrazine groups is 1. The number of benzene rings is 3. The summed E-state index contributed by atoms with van der Waals surface area (Å²) in [7, 11) is 0. The van der Waals surface area contributed by atoms with Crippen LogP contribution in [0.4, 0.5) is 5.69 Å². The first-order chi connectivity index (χ1) is 15.1. The number of nitrogens with one attached hydrogen (secondary N) is 2. The lowest BCUT2D eigenvalue weighted by atomic mass is 10.1. The van der Waals surface area contributed by atoms with Crippen molar-refractivity contribution in [3.8, 4) is 5.75 Å². The summed E-state index contributed by atoms with van der Waals surface area (Å²) < 4.78 is 5.50. The molecule has 0 bridgehead atoms. The highest BCUT2D eigenvalue weighted by atomic mass is 16.5. The molecule has 1 atom stereocenters. The van der Waals surface area contributed by atoms with E-state index in [4.69, 9.17) is 4.74 Å². The van der Waals surface area contributed by atoms with Gasteiger partial charge in [-0.15, -0.1) is 0 Å². The summed E-state index contributed by atoms with van der Waals surface area (Å²) in [4.78, 5) is 38.9. The molecule has 0 aliphatic carbocycles. The molecular weight excluding hydrogens is 394 g/mol. The van der Waals surface area contributed by atoms with Crippen LogP contribution < -0.4 is 20.5 Å². The zero-order valence-corrected chi connectivity index (χ0v) is 17.1. The fourth-order valence-corrected chi connectivity index (χ4v) is 3.48. The number of nitrogens with zero attached hydrogens (tertiary/aromatic N) is 1. The van der Waals surface area contributed by atoms with Crippen LogP contribution >= 0.6 is 0 Å². The molecule has 1 saturated heterocycles. The Kier molecular flexibility index (Phi) is 5.95. The van der Waals surface area contributed by atoms with Gasteiger partial charge < -0.3 is 4.74 Å².